The summed E-state index contributed by atoms with van der Waals surface area (Å²) in [6, 6.07) is 24.8. The number of hydrogen-bond donors (Lipinski definition) is 4. The van der Waals surface area contributed by atoms with Crippen LogP contribution in [0, 0.1) is 0 Å². The molecule has 0 aliphatic rings. The first-order chi connectivity index (χ1) is 14.5. The van der Waals surface area contributed by atoms with Gasteiger partial charge in [0.1, 0.15) is 11.5 Å². The van der Waals surface area contributed by atoms with Crippen molar-refractivity contribution in [2.45, 2.75) is 0 Å². The lowest BCUT2D eigenvalue weighted by molar-refractivity contribution is 0.413. The van der Waals surface area contributed by atoms with Crippen LogP contribution in [0.4, 0.5) is 11.4 Å². The van der Waals surface area contributed by atoms with E-state index in [9.17, 15) is 10.2 Å². The Morgan fingerprint density at radius 2 is 0.867 bits per heavy atom. The van der Waals surface area contributed by atoms with Crippen molar-refractivity contribution in [1.29, 1.82) is 0 Å². The molecule has 0 saturated carbocycles. The summed E-state index contributed by atoms with van der Waals surface area (Å²) in [5, 5.41) is 19.9. The standard InChI is InChI=1S/C24H20N2O4/c25-19-3-1-5-21(23(19)27)29-17-11-7-15(8-12-17)16-9-13-18(14-10-16)30-22-6-2-4-20(26)24(22)28/h1-14,27-28H,25-26H2. The number of para-hydroxylation sites is 2. The summed E-state index contributed by atoms with van der Waals surface area (Å²) in [7, 11) is 0. The Morgan fingerprint density at radius 3 is 1.23 bits per heavy atom. The molecule has 150 valence electrons. The normalized spacial score (nSPS) is 10.5. The molecular formula is C24H20N2O4. The number of benzene rings is 4. The molecule has 6 heteroatoms. The second-order valence-electron chi connectivity index (χ2n) is 6.64. The number of phenolic OH excluding ortho intramolecular Hbond substituents is 2. The predicted molar refractivity (Wildman–Crippen MR) is 117 cm³/mol. The van der Waals surface area contributed by atoms with Crippen molar-refractivity contribution in [3.05, 3.63) is 84.9 Å². The van der Waals surface area contributed by atoms with E-state index >= 15 is 0 Å². The van der Waals surface area contributed by atoms with E-state index in [1.807, 2.05) is 48.5 Å². The van der Waals surface area contributed by atoms with Gasteiger partial charge >= 0.3 is 0 Å². The van der Waals surface area contributed by atoms with Gasteiger partial charge in [-0.1, -0.05) is 36.4 Å². The van der Waals surface area contributed by atoms with Crippen LogP contribution in [0.5, 0.6) is 34.5 Å². The molecule has 0 fully saturated rings. The monoisotopic (exact) mass is 400 g/mol. The molecule has 30 heavy (non-hydrogen) atoms. The SMILES string of the molecule is Nc1cccc(Oc2ccc(-c3ccc(Oc4cccc(N)c4O)cc3)cc2)c1O. The van der Waals surface area contributed by atoms with Crippen molar-refractivity contribution in [2.24, 2.45) is 0 Å². The van der Waals surface area contributed by atoms with Gasteiger partial charge in [-0.05, 0) is 59.7 Å². The second-order valence-corrected chi connectivity index (χ2v) is 6.64. The molecule has 0 bridgehead atoms. The van der Waals surface area contributed by atoms with Gasteiger partial charge in [0.15, 0.2) is 23.0 Å². The van der Waals surface area contributed by atoms with Gasteiger partial charge in [-0.3, -0.25) is 0 Å². The van der Waals surface area contributed by atoms with Crippen LogP contribution >= 0.6 is 0 Å². The van der Waals surface area contributed by atoms with Crippen LogP contribution in [0.3, 0.4) is 0 Å². The van der Waals surface area contributed by atoms with E-state index in [-0.39, 0.29) is 22.9 Å². The van der Waals surface area contributed by atoms with Crippen LogP contribution in [0.15, 0.2) is 84.9 Å². The summed E-state index contributed by atoms with van der Waals surface area (Å²) in [6.07, 6.45) is 0. The fourth-order valence-corrected chi connectivity index (χ4v) is 2.93. The average Bonchev–Trinajstić information content (AvgIpc) is 2.76. The second kappa shape index (κ2) is 7.97. The zero-order valence-corrected chi connectivity index (χ0v) is 15.9. The third-order valence-electron chi connectivity index (χ3n) is 4.56. The lowest BCUT2D eigenvalue weighted by Crippen LogP contribution is -1.90. The molecule has 4 rings (SSSR count). The first-order valence-corrected chi connectivity index (χ1v) is 9.22. The molecule has 0 amide bonds. The molecule has 6 N–H and O–H groups in total. The highest BCUT2D eigenvalue weighted by molar-refractivity contribution is 5.66. The number of nitrogens with two attached hydrogens (primary N) is 2. The van der Waals surface area contributed by atoms with Gasteiger partial charge in [-0.15, -0.1) is 0 Å². The molecule has 0 aliphatic carbocycles. The fraction of sp³-hybridized carbons (Fsp3) is 0. The van der Waals surface area contributed by atoms with Crippen molar-refractivity contribution < 1.29 is 19.7 Å². The highest BCUT2D eigenvalue weighted by Gasteiger charge is 2.09. The number of nitrogen functional groups attached to an aromatic ring is 2. The summed E-state index contributed by atoms with van der Waals surface area (Å²) < 4.78 is 11.4. The topological polar surface area (TPSA) is 111 Å². The highest BCUT2D eigenvalue weighted by atomic mass is 16.5. The van der Waals surface area contributed by atoms with Crippen molar-refractivity contribution in [3.63, 3.8) is 0 Å². The zero-order chi connectivity index (χ0) is 21.1. The Bertz CT molecular complexity index is 1080. The van der Waals surface area contributed by atoms with E-state index in [4.69, 9.17) is 20.9 Å². The lowest BCUT2D eigenvalue weighted by atomic mass is 10.1. The largest absolute Gasteiger partial charge is 0.503 e. The van der Waals surface area contributed by atoms with Crippen molar-refractivity contribution >= 4 is 11.4 Å². The van der Waals surface area contributed by atoms with Crippen LogP contribution in [-0.4, -0.2) is 10.2 Å². The third kappa shape index (κ3) is 3.93. The Balaban J connectivity index is 1.48. The van der Waals surface area contributed by atoms with Gasteiger partial charge in [0.25, 0.3) is 0 Å². The van der Waals surface area contributed by atoms with Gasteiger partial charge in [-0.25, -0.2) is 0 Å². The van der Waals surface area contributed by atoms with E-state index in [1.165, 1.54) is 0 Å². The van der Waals surface area contributed by atoms with Gasteiger partial charge in [-0.2, -0.15) is 0 Å². The maximum Gasteiger partial charge on any atom is 0.181 e. The molecule has 0 heterocycles. The summed E-state index contributed by atoms with van der Waals surface area (Å²) in [5.74, 6) is 1.60. The molecule has 0 aromatic heterocycles. The average molecular weight is 400 g/mol. The number of rotatable bonds is 5. The summed E-state index contributed by atoms with van der Waals surface area (Å²) in [4.78, 5) is 0. The Labute approximate surface area is 173 Å². The molecule has 0 aliphatic heterocycles. The van der Waals surface area contributed by atoms with Gasteiger partial charge in [0.2, 0.25) is 0 Å². The molecular weight excluding hydrogens is 380 g/mol. The number of aromatic hydroxyl groups is 2. The Hall–Kier alpha value is -4.32. The minimum absolute atomic E-state index is 0.0802. The number of ether oxygens (including phenoxy) is 2. The molecule has 0 atom stereocenters. The molecule has 0 radical (unpaired) electrons. The minimum atomic E-state index is -0.0802. The van der Waals surface area contributed by atoms with E-state index in [2.05, 4.69) is 0 Å². The van der Waals surface area contributed by atoms with E-state index in [0.717, 1.165) is 11.1 Å². The zero-order valence-electron chi connectivity index (χ0n) is 15.9. The minimum Gasteiger partial charge on any atom is -0.503 e. The van der Waals surface area contributed by atoms with Crippen molar-refractivity contribution in [1.82, 2.24) is 0 Å². The summed E-state index contributed by atoms with van der Waals surface area (Å²) in [5.41, 5.74) is 13.9. The quantitative estimate of drug-likeness (QED) is 0.259. The summed E-state index contributed by atoms with van der Waals surface area (Å²) in [6.45, 7) is 0. The molecule has 4 aromatic carbocycles. The molecule has 6 nitrogen and oxygen atoms in total. The van der Waals surface area contributed by atoms with Gasteiger partial charge in [0.05, 0.1) is 11.4 Å². The van der Waals surface area contributed by atoms with E-state index in [1.54, 1.807) is 36.4 Å². The maximum atomic E-state index is 9.97. The molecule has 4 aromatic rings. The first kappa shape index (κ1) is 19.0. The van der Waals surface area contributed by atoms with Gasteiger partial charge in [0, 0.05) is 0 Å². The first-order valence-electron chi connectivity index (χ1n) is 9.22. The van der Waals surface area contributed by atoms with Crippen LogP contribution < -0.4 is 20.9 Å². The third-order valence-corrected chi connectivity index (χ3v) is 4.56. The number of phenols is 2. The predicted octanol–water partition coefficient (Wildman–Crippen LogP) is 5.51. The Kier molecular flexibility index (Phi) is 5.05. The maximum absolute atomic E-state index is 9.97. The summed E-state index contributed by atoms with van der Waals surface area (Å²) >= 11 is 0. The number of anilines is 2. The Morgan fingerprint density at radius 1 is 0.500 bits per heavy atom. The van der Waals surface area contributed by atoms with E-state index < -0.39 is 0 Å². The number of hydrogen-bond acceptors (Lipinski definition) is 6. The smallest absolute Gasteiger partial charge is 0.181 e. The van der Waals surface area contributed by atoms with Gasteiger partial charge < -0.3 is 31.2 Å². The fourth-order valence-electron chi connectivity index (χ4n) is 2.93. The van der Waals surface area contributed by atoms with Crippen molar-refractivity contribution in [3.8, 4) is 45.6 Å². The van der Waals surface area contributed by atoms with Crippen LogP contribution in [0.25, 0.3) is 11.1 Å². The molecule has 0 unspecified atom stereocenters. The van der Waals surface area contributed by atoms with Crippen LogP contribution in [0.2, 0.25) is 0 Å². The van der Waals surface area contributed by atoms with Crippen LogP contribution in [-0.2, 0) is 0 Å². The van der Waals surface area contributed by atoms with E-state index in [0.29, 0.717) is 23.0 Å². The highest BCUT2D eigenvalue weighted by Crippen LogP contribution is 2.37. The van der Waals surface area contributed by atoms with Crippen LogP contribution in [0.1, 0.15) is 0 Å². The molecule has 0 saturated heterocycles. The molecule has 0 spiro atoms. The lowest BCUT2D eigenvalue weighted by Gasteiger charge is -2.11. The van der Waals surface area contributed by atoms with Crippen molar-refractivity contribution in [2.75, 3.05) is 11.5 Å².